The maximum atomic E-state index is 3.55. The van der Waals surface area contributed by atoms with Crippen LogP contribution in [0.1, 0.15) is 16.0 Å². The van der Waals surface area contributed by atoms with Crippen LogP contribution in [-0.4, -0.2) is 7.05 Å². The van der Waals surface area contributed by atoms with Gasteiger partial charge in [-0.15, -0.1) is 11.3 Å². The monoisotopic (exact) mass is 233 g/mol. The molecule has 0 radical (unpaired) electrons. The van der Waals surface area contributed by atoms with Gasteiger partial charge in [-0.25, -0.2) is 0 Å². The number of thiophene rings is 1. The highest BCUT2D eigenvalue weighted by molar-refractivity contribution is 9.11. The second kappa shape index (κ2) is 3.70. The van der Waals surface area contributed by atoms with E-state index in [0.29, 0.717) is 0 Å². The van der Waals surface area contributed by atoms with Gasteiger partial charge in [-0.1, -0.05) is 0 Å². The van der Waals surface area contributed by atoms with E-state index in [0.717, 1.165) is 6.54 Å². The number of hydrogen-bond donors (Lipinski definition) is 1. The van der Waals surface area contributed by atoms with Crippen molar-refractivity contribution in [2.75, 3.05) is 7.05 Å². The van der Waals surface area contributed by atoms with E-state index in [9.17, 15) is 0 Å². The molecule has 11 heavy (non-hydrogen) atoms. The van der Waals surface area contributed by atoms with E-state index in [1.54, 1.807) is 0 Å². The Morgan fingerprint density at radius 3 is 2.45 bits per heavy atom. The van der Waals surface area contributed by atoms with Gasteiger partial charge in [0.15, 0.2) is 0 Å². The average Bonchev–Trinajstić information content (AvgIpc) is 2.17. The first-order chi connectivity index (χ1) is 5.16. The number of aryl methyl sites for hydroxylation is 1. The Labute approximate surface area is 79.9 Å². The Bertz CT molecular complexity index is 255. The zero-order valence-corrected chi connectivity index (χ0v) is 9.40. The van der Waals surface area contributed by atoms with E-state index in [4.69, 9.17) is 0 Å². The minimum atomic E-state index is 0.955. The Balaban J connectivity index is 3.02. The smallest absolute Gasteiger partial charge is 0.0748 e. The lowest BCUT2D eigenvalue weighted by molar-refractivity contribution is 0.812. The molecule has 0 bridgehead atoms. The quantitative estimate of drug-likeness (QED) is 0.829. The average molecular weight is 234 g/mol. The lowest BCUT2D eigenvalue weighted by Crippen LogP contribution is -2.05. The molecule has 1 aromatic heterocycles. The van der Waals surface area contributed by atoms with E-state index in [2.05, 4.69) is 35.1 Å². The minimum Gasteiger partial charge on any atom is -0.316 e. The van der Waals surface area contributed by atoms with Crippen molar-refractivity contribution in [3.05, 3.63) is 19.8 Å². The SMILES string of the molecule is CNCc1c(Br)sc(C)c1C. The van der Waals surface area contributed by atoms with Crippen molar-refractivity contribution in [1.82, 2.24) is 5.32 Å². The van der Waals surface area contributed by atoms with E-state index in [1.807, 2.05) is 18.4 Å². The van der Waals surface area contributed by atoms with Gasteiger partial charge >= 0.3 is 0 Å². The highest BCUT2D eigenvalue weighted by Gasteiger charge is 2.08. The van der Waals surface area contributed by atoms with Crippen LogP contribution in [0.2, 0.25) is 0 Å². The van der Waals surface area contributed by atoms with Crippen LogP contribution in [0.15, 0.2) is 3.79 Å². The van der Waals surface area contributed by atoms with Crippen LogP contribution < -0.4 is 5.32 Å². The van der Waals surface area contributed by atoms with Crippen LogP contribution in [0.5, 0.6) is 0 Å². The molecule has 3 heteroatoms. The van der Waals surface area contributed by atoms with Gasteiger partial charge in [-0.05, 0) is 48.0 Å². The summed E-state index contributed by atoms with van der Waals surface area (Å²) in [4.78, 5) is 1.40. The largest absolute Gasteiger partial charge is 0.316 e. The molecule has 0 aliphatic carbocycles. The van der Waals surface area contributed by atoms with Crippen molar-refractivity contribution in [3.63, 3.8) is 0 Å². The molecular formula is C8H12BrNS. The summed E-state index contributed by atoms with van der Waals surface area (Å²) in [6, 6.07) is 0. The van der Waals surface area contributed by atoms with E-state index < -0.39 is 0 Å². The summed E-state index contributed by atoms with van der Waals surface area (Å²) in [5, 5.41) is 3.16. The fourth-order valence-corrected chi connectivity index (χ4v) is 3.07. The van der Waals surface area contributed by atoms with Gasteiger partial charge in [0.05, 0.1) is 3.79 Å². The highest BCUT2D eigenvalue weighted by atomic mass is 79.9. The van der Waals surface area contributed by atoms with Gasteiger partial charge in [-0.3, -0.25) is 0 Å². The molecule has 0 atom stereocenters. The van der Waals surface area contributed by atoms with Crippen LogP contribution in [-0.2, 0) is 6.54 Å². The summed E-state index contributed by atoms with van der Waals surface area (Å²) in [6.45, 7) is 5.28. The number of halogens is 1. The zero-order chi connectivity index (χ0) is 8.43. The molecule has 0 spiro atoms. The Kier molecular flexibility index (Phi) is 3.10. The molecule has 0 aliphatic rings. The van der Waals surface area contributed by atoms with Gasteiger partial charge in [0, 0.05) is 11.4 Å². The first-order valence-corrected chi connectivity index (χ1v) is 5.16. The van der Waals surface area contributed by atoms with Gasteiger partial charge in [0.2, 0.25) is 0 Å². The third-order valence-corrected chi connectivity index (χ3v) is 3.82. The lowest BCUT2D eigenvalue weighted by atomic mass is 10.2. The molecule has 1 heterocycles. The summed E-state index contributed by atoms with van der Waals surface area (Å²) < 4.78 is 1.27. The van der Waals surface area contributed by atoms with Crippen molar-refractivity contribution >= 4 is 27.3 Å². The topological polar surface area (TPSA) is 12.0 Å². The third-order valence-electron chi connectivity index (χ3n) is 1.81. The number of rotatable bonds is 2. The van der Waals surface area contributed by atoms with Gasteiger partial charge in [-0.2, -0.15) is 0 Å². The highest BCUT2D eigenvalue weighted by Crippen LogP contribution is 2.31. The first kappa shape index (κ1) is 9.23. The predicted octanol–water partition coefficient (Wildman–Crippen LogP) is 2.85. The molecule has 1 aromatic rings. The molecule has 62 valence electrons. The van der Waals surface area contributed by atoms with Crippen LogP contribution >= 0.6 is 27.3 Å². The maximum Gasteiger partial charge on any atom is 0.0748 e. The summed E-state index contributed by atoms with van der Waals surface area (Å²) in [6.07, 6.45) is 0. The van der Waals surface area contributed by atoms with E-state index in [1.165, 1.54) is 19.8 Å². The Morgan fingerprint density at radius 2 is 2.09 bits per heavy atom. The first-order valence-electron chi connectivity index (χ1n) is 3.55. The molecule has 1 nitrogen and oxygen atoms in total. The predicted molar refractivity (Wildman–Crippen MR) is 54.3 cm³/mol. The fourth-order valence-electron chi connectivity index (χ4n) is 1.01. The van der Waals surface area contributed by atoms with Crippen molar-refractivity contribution in [2.24, 2.45) is 0 Å². The maximum absolute atomic E-state index is 3.55. The van der Waals surface area contributed by atoms with Crippen LogP contribution in [0, 0.1) is 13.8 Å². The van der Waals surface area contributed by atoms with Gasteiger partial charge in [0.1, 0.15) is 0 Å². The van der Waals surface area contributed by atoms with E-state index >= 15 is 0 Å². The normalized spacial score (nSPS) is 10.5. The van der Waals surface area contributed by atoms with E-state index in [-0.39, 0.29) is 0 Å². The van der Waals surface area contributed by atoms with Crippen molar-refractivity contribution < 1.29 is 0 Å². The second-order valence-corrected chi connectivity index (χ2v) is 5.11. The Morgan fingerprint density at radius 1 is 1.45 bits per heavy atom. The van der Waals surface area contributed by atoms with Crippen molar-refractivity contribution in [1.29, 1.82) is 0 Å². The third kappa shape index (κ3) is 1.83. The molecule has 0 unspecified atom stereocenters. The van der Waals surface area contributed by atoms with Gasteiger partial charge < -0.3 is 5.32 Å². The summed E-state index contributed by atoms with van der Waals surface area (Å²) in [7, 11) is 1.97. The molecule has 1 rings (SSSR count). The molecule has 0 fully saturated rings. The van der Waals surface area contributed by atoms with Crippen molar-refractivity contribution in [2.45, 2.75) is 20.4 Å². The van der Waals surface area contributed by atoms with Crippen molar-refractivity contribution in [3.8, 4) is 0 Å². The standard InChI is InChI=1S/C8H12BrNS/c1-5-6(2)11-8(9)7(5)4-10-3/h10H,4H2,1-3H3. The van der Waals surface area contributed by atoms with Crippen LogP contribution in [0.3, 0.4) is 0 Å². The summed E-state index contributed by atoms with van der Waals surface area (Å²) in [5.41, 5.74) is 2.81. The zero-order valence-electron chi connectivity index (χ0n) is 6.99. The molecule has 0 saturated heterocycles. The lowest BCUT2D eigenvalue weighted by Gasteiger charge is -1.98. The molecule has 1 N–H and O–H groups in total. The molecule has 0 aromatic carbocycles. The number of hydrogen-bond acceptors (Lipinski definition) is 2. The minimum absolute atomic E-state index is 0.955. The molecule has 0 amide bonds. The molecular weight excluding hydrogens is 222 g/mol. The fraction of sp³-hybridized carbons (Fsp3) is 0.500. The second-order valence-electron chi connectivity index (χ2n) is 2.57. The number of nitrogens with one attached hydrogen (secondary N) is 1. The molecule has 0 aliphatic heterocycles. The molecule has 0 saturated carbocycles. The van der Waals surface area contributed by atoms with Crippen LogP contribution in [0.25, 0.3) is 0 Å². The van der Waals surface area contributed by atoms with Gasteiger partial charge in [0.25, 0.3) is 0 Å². The summed E-state index contributed by atoms with van der Waals surface area (Å²) in [5.74, 6) is 0. The Hall–Kier alpha value is 0.140. The van der Waals surface area contributed by atoms with Crippen LogP contribution in [0.4, 0.5) is 0 Å². The summed E-state index contributed by atoms with van der Waals surface area (Å²) >= 11 is 5.36.